The van der Waals surface area contributed by atoms with Crippen molar-refractivity contribution in [3.8, 4) is 0 Å². The number of hydrogen-bond acceptors (Lipinski definition) is 5. The van der Waals surface area contributed by atoms with E-state index in [1.54, 1.807) is 11.3 Å². The van der Waals surface area contributed by atoms with Crippen LogP contribution in [0.25, 0.3) is 0 Å². The first-order chi connectivity index (χ1) is 9.02. The molecule has 1 aromatic rings. The Kier molecular flexibility index (Phi) is 3.21. The van der Waals surface area contributed by atoms with Crippen LogP contribution in [-0.2, 0) is 5.54 Å². The highest BCUT2D eigenvalue weighted by molar-refractivity contribution is 9.10. The number of halogens is 1. The molecule has 3 rings (SSSR count). The normalized spacial score (nSPS) is 30.6. The number of nitrogens with zero attached hydrogens (tertiary/aromatic N) is 3. The van der Waals surface area contributed by atoms with Gasteiger partial charge in [0.05, 0.1) is 13.4 Å². The topological polar surface area (TPSA) is 54.0 Å². The van der Waals surface area contributed by atoms with Crippen LogP contribution in [0.2, 0.25) is 5.82 Å². The average Bonchev–Trinajstić information content (AvgIpc) is 2.84. The van der Waals surface area contributed by atoms with Crippen LogP contribution in [0.15, 0.2) is 25.9 Å². The summed E-state index contributed by atoms with van der Waals surface area (Å²) in [6.45, 7) is 3.69. The second-order valence-corrected chi connectivity index (χ2v) is 6.80. The number of nitrogens with two attached hydrogens (primary N) is 1. The van der Waals surface area contributed by atoms with E-state index in [0.717, 1.165) is 34.7 Å². The number of fused-ring (bicyclic) bond motifs is 1. The molecule has 0 spiro atoms. The number of aliphatic imine (C=N–C) groups is 2. The lowest BCUT2D eigenvalue weighted by atomic mass is 9.69. The second kappa shape index (κ2) is 4.63. The Labute approximate surface area is 126 Å². The molecule has 2 radical (unpaired) electrons. The number of guanidine groups is 1. The van der Waals surface area contributed by atoms with Crippen LogP contribution in [0.1, 0.15) is 18.2 Å². The van der Waals surface area contributed by atoms with Crippen LogP contribution in [0.4, 0.5) is 0 Å². The molecule has 0 fully saturated rings. The molecule has 4 nitrogen and oxygen atoms in total. The molecule has 98 valence electrons. The Morgan fingerprint density at radius 2 is 2.42 bits per heavy atom. The van der Waals surface area contributed by atoms with Crippen molar-refractivity contribution in [2.45, 2.75) is 24.7 Å². The van der Waals surface area contributed by atoms with Gasteiger partial charge in [-0.05, 0) is 35.3 Å². The van der Waals surface area contributed by atoms with Crippen LogP contribution in [-0.4, -0.2) is 37.6 Å². The summed E-state index contributed by atoms with van der Waals surface area (Å²) in [6, 6.07) is 2.06. The van der Waals surface area contributed by atoms with Crippen molar-refractivity contribution >= 4 is 46.9 Å². The van der Waals surface area contributed by atoms with Crippen LogP contribution in [0.5, 0.6) is 0 Å². The van der Waals surface area contributed by atoms with Crippen molar-refractivity contribution < 1.29 is 0 Å². The lowest BCUT2D eigenvalue weighted by Crippen LogP contribution is -2.54. The van der Waals surface area contributed by atoms with E-state index in [-0.39, 0.29) is 5.82 Å². The molecule has 2 atom stereocenters. The summed E-state index contributed by atoms with van der Waals surface area (Å²) in [4.78, 5) is 12.3. The third kappa shape index (κ3) is 2.03. The number of hydrogen-bond donors (Lipinski definition) is 1. The molecule has 2 aliphatic rings. The maximum atomic E-state index is 6.43. The SMILES string of the molecule is [B]C1C2=NCCCN2C(N)=N[C@]1(C)c1cc(Br)cs1. The van der Waals surface area contributed by atoms with E-state index in [1.165, 1.54) is 0 Å². The molecular weight excluding hydrogens is 323 g/mol. The van der Waals surface area contributed by atoms with Crippen molar-refractivity contribution in [1.82, 2.24) is 4.90 Å². The Morgan fingerprint density at radius 1 is 1.63 bits per heavy atom. The van der Waals surface area contributed by atoms with E-state index in [4.69, 9.17) is 13.6 Å². The highest BCUT2D eigenvalue weighted by Crippen LogP contribution is 2.44. The lowest BCUT2D eigenvalue weighted by molar-refractivity contribution is 0.429. The zero-order chi connectivity index (χ0) is 13.6. The summed E-state index contributed by atoms with van der Waals surface area (Å²) >= 11 is 5.11. The zero-order valence-corrected chi connectivity index (χ0v) is 13.0. The van der Waals surface area contributed by atoms with Gasteiger partial charge < -0.3 is 10.6 Å². The highest BCUT2D eigenvalue weighted by atomic mass is 79.9. The molecule has 0 bridgehead atoms. The lowest BCUT2D eigenvalue weighted by Gasteiger charge is -2.43. The molecule has 2 aliphatic heterocycles. The van der Waals surface area contributed by atoms with Crippen molar-refractivity contribution in [2.75, 3.05) is 13.1 Å². The first-order valence-corrected chi connectivity index (χ1v) is 7.87. The molecule has 0 amide bonds. The molecule has 0 aromatic carbocycles. The van der Waals surface area contributed by atoms with Gasteiger partial charge in [-0.2, -0.15) is 0 Å². The predicted octanol–water partition coefficient (Wildman–Crippen LogP) is 2.12. The van der Waals surface area contributed by atoms with Gasteiger partial charge in [0.25, 0.3) is 0 Å². The van der Waals surface area contributed by atoms with Crippen LogP contribution >= 0.6 is 27.3 Å². The fourth-order valence-corrected chi connectivity index (χ4v) is 4.10. The van der Waals surface area contributed by atoms with Gasteiger partial charge in [0, 0.05) is 33.6 Å². The van der Waals surface area contributed by atoms with E-state index >= 15 is 0 Å². The summed E-state index contributed by atoms with van der Waals surface area (Å²) in [7, 11) is 6.43. The largest absolute Gasteiger partial charge is 0.369 e. The highest BCUT2D eigenvalue weighted by Gasteiger charge is 2.43. The first kappa shape index (κ1) is 13.2. The number of amidine groups is 1. The van der Waals surface area contributed by atoms with Gasteiger partial charge in [0.15, 0.2) is 5.96 Å². The number of rotatable bonds is 1. The minimum Gasteiger partial charge on any atom is -0.369 e. The molecule has 0 aliphatic carbocycles. The van der Waals surface area contributed by atoms with Crippen molar-refractivity contribution in [2.24, 2.45) is 15.7 Å². The van der Waals surface area contributed by atoms with Gasteiger partial charge in [0.1, 0.15) is 5.84 Å². The Balaban J connectivity index is 2.10. The fourth-order valence-electron chi connectivity index (χ4n) is 2.53. The molecule has 7 heteroatoms. The number of thiophene rings is 1. The minimum absolute atomic E-state index is 0.259. The zero-order valence-electron chi connectivity index (χ0n) is 10.6. The maximum absolute atomic E-state index is 6.43. The van der Waals surface area contributed by atoms with E-state index in [1.807, 2.05) is 17.2 Å². The van der Waals surface area contributed by atoms with Crippen LogP contribution < -0.4 is 5.73 Å². The third-order valence-corrected chi connectivity index (χ3v) is 5.58. The molecule has 3 heterocycles. The predicted molar refractivity (Wildman–Crippen MR) is 84.1 cm³/mol. The van der Waals surface area contributed by atoms with Gasteiger partial charge >= 0.3 is 0 Å². The molecule has 1 aromatic heterocycles. The average molecular weight is 337 g/mol. The molecule has 0 saturated heterocycles. The molecular formula is C12H14BBrN4S. The smallest absolute Gasteiger partial charge is 0.197 e. The van der Waals surface area contributed by atoms with E-state index < -0.39 is 5.54 Å². The van der Waals surface area contributed by atoms with E-state index in [0.29, 0.717) is 5.96 Å². The quantitative estimate of drug-likeness (QED) is 0.798. The van der Waals surface area contributed by atoms with Crippen molar-refractivity contribution in [3.05, 3.63) is 20.8 Å². The summed E-state index contributed by atoms with van der Waals surface area (Å²) in [5.74, 6) is 1.13. The fraction of sp³-hybridized carbons (Fsp3) is 0.500. The van der Waals surface area contributed by atoms with Crippen molar-refractivity contribution in [1.29, 1.82) is 0 Å². The van der Waals surface area contributed by atoms with Gasteiger partial charge in [-0.1, -0.05) is 0 Å². The monoisotopic (exact) mass is 336 g/mol. The Morgan fingerprint density at radius 3 is 3.11 bits per heavy atom. The van der Waals surface area contributed by atoms with Crippen LogP contribution in [0, 0.1) is 0 Å². The molecule has 2 N–H and O–H groups in total. The maximum Gasteiger partial charge on any atom is 0.197 e. The Hall–Kier alpha value is -0.815. The standard InChI is InChI=1S/C12H14BBrN4S/c1-12(8-5-7(14)6-19-8)9(13)10-16-3-2-4-18(10)11(15)17-12/h5-6,9H,2-4H2,1H3,(H2,15,17)/t9?,12-/m1/s1. The second-order valence-electron chi connectivity index (χ2n) is 4.97. The summed E-state index contributed by atoms with van der Waals surface area (Å²) in [5.41, 5.74) is 5.57. The summed E-state index contributed by atoms with van der Waals surface area (Å²) in [6.07, 6.45) is 0.994. The molecule has 0 saturated carbocycles. The molecule has 1 unspecified atom stereocenters. The minimum atomic E-state index is -0.534. The van der Waals surface area contributed by atoms with Crippen molar-refractivity contribution in [3.63, 3.8) is 0 Å². The summed E-state index contributed by atoms with van der Waals surface area (Å²) in [5, 5.41) is 2.04. The molecule has 19 heavy (non-hydrogen) atoms. The Bertz CT molecular complexity index is 570. The third-order valence-electron chi connectivity index (χ3n) is 3.66. The van der Waals surface area contributed by atoms with Gasteiger partial charge in [-0.15, -0.1) is 11.3 Å². The van der Waals surface area contributed by atoms with Gasteiger partial charge in [-0.3, -0.25) is 4.99 Å². The van der Waals surface area contributed by atoms with Crippen LogP contribution in [0.3, 0.4) is 0 Å². The van der Waals surface area contributed by atoms with E-state index in [2.05, 4.69) is 32.0 Å². The van der Waals surface area contributed by atoms with E-state index in [9.17, 15) is 0 Å². The summed E-state index contributed by atoms with van der Waals surface area (Å²) < 4.78 is 1.04. The van der Waals surface area contributed by atoms with Gasteiger partial charge in [-0.25, -0.2) is 4.99 Å². The first-order valence-electron chi connectivity index (χ1n) is 6.19. The van der Waals surface area contributed by atoms with Gasteiger partial charge in [0.2, 0.25) is 0 Å².